The minimum Gasteiger partial charge on any atom is -0.497 e. The van der Waals surface area contributed by atoms with E-state index >= 15 is 0 Å². The lowest BCUT2D eigenvalue weighted by atomic mass is 10.2. The quantitative estimate of drug-likeness (QED) is 0.311. The molecule has 4 rings (SSSR count). The highest BCUT2D eigenvalue weighted by Crippen LogP contribution is 2.31. The molecule has 0 spiro atoms. The Balaban J connectivity index is 1.64. The van der Waals surface area contributed by atoms with Gasteiger partial charge in [0.1, 0.15) is 10.8 Å². The molecule has 0 fully saturated rings. The molecule has 0 atom stereocenters. The first-order valence-electron chi connectivity index (χ1n) is 9.22. The van der Waals surface area contributed by atoms with Crippen LogP contribution < -0.4 is 10.1 Å². The maximum absolute atomic E-state index is 12.5. The normalized spacial score (nSPS) is 10.7. The number of carbonyl (C=O) groups is 1. The van der Waals surface area contributed by atoms with Gasteiger partial charge in [-0.2, -0.15) is 0 Å². The number of rotatable bonds is 6. The summed E-state index contributed by atoms with van der Waals surface area (Å²) in [5.41, 5.74) is 2.29. The second kappa shape index (κ2) is 9.15. The average Bonchev–Trinajstić information content (AvgIpc) is 2.79. The van der Waals surface area contributed by atoms with Crippen molar-refractivity contribution in [2.45, 2.75) is 5.03 Å². The summed E-state index contributed by atoms with van der Waals surface area (Å²) in [5, 5.41) is 4.89. The van der Waals surface area contributed by atoms with Crippen molar-refractivity contribution >= 4 is 45.9 Å². The topological polar surface area (TPSA) is 64.1 Å². The maximum atomic E-state index is 12.5. The number of amides is 1. The number of hydrogen-bond acceptors (Lipinski definition) is 5. The Morgan fingerprint density at radius 2 is 1.80 bits per heavy atom. The van der Waals surface area contributed by atoms with Gasteiger partial charge in [-0.25, -0.2) is 9.97 Å². The highest BCUT2D eigenvalue weighted by atomic mass is 35.5. The molecule has 0 saturated heterocycles. The van der Waals surface area contributed by atoms with Crippen molar-refractivity contribution in [2.75, 3.05) is 18.2 Å². The highest BCUT2D eigenvalue weighted by Gasteiger charge is 2.13. The van der Waals surface area contributed by atoms with E-state index in [1.807, 2.05) is 60.7 Å². The minimum absolute atomic E-state index is 0.163. The molecule has 0 aliphatic carbocycles. The lowest BCUT2D eigenvalue weighted by molar-refractivity contribution is -0.113. The summed E-state index contributed by atoms with van der Waals surface area (Å²) in [4.78, 5) is 21.9. The first-order chi connectivity index (χ1) is 14.6. The molecule has 0 bridgehead atoms. The van der Waals surface area contributed by atoms with Crippen LogP contribution in [-0.2, 0) is 4.79 Å². The van der Waals surface area contributed by atoms with Gasteiger partial charge in [-0.1, -0.05) is 65.8 Å². The molecule has 1 amide bonds. The van der Waals surface area contributed by atoms with Crippen molar-refractivity contribution in [3.63, 3.8) is 0 Å². The van der Waals surface area contributed by atoms with Gasteiger partial charge in [-0.3, -0.25) is 4.79 Å². The van der Waals surface area contributed by atoms with E-state index in [1.165, 1.54) is 11.8 Å². The molecule has 0 aliphatic heterocycles. The second-order valence-electron chi connectivity index (χ2n) is 6.42. The number of para-hydroxylation sites is 1. The monoisotopic (exact) mass is 435 g/mol. The fourth-order valence-electron chi connectivity index (χ4n) is 2.92. The van der Waals surface area contributed by atoms with E-state index in [0.717, 1.165) is 16.5 Å². The molecule has 30 heavy (non-hydrogen) atoms. The number of thioether (sulfide) groups is 1. The zero-order chi connectivity index (χ0) is 20.9. The molecule has 150 valence electrons. The smallest absolute Gasteiger partial charge is 0.234 e. The van der Waals surface area contributed by atoms with Crippen LogP contribution in [0.1, 0.15) is 0 Å². The van der Waals surface area contributed by atoms with Crippen molar-refractivity contribution in [3.8, 4) is 17.1 Å². The third-order valence-corrected chi connectivity index (χ3v) is 5.71. The predicted octanol–water partition coefficient (Wildman–Crippen LogP) is 5.69. The molecular formula is C23H18ClN3O2S. The van der Waals surface area contributed by atoms with E-state index in [0.29, 0.717) is 27.3 Å². The summed E-state index contributed by atoms with van der Waals surface area (Å²) in [5.74, 6) is 1.34. The summed E-state index contributed by atoms with van der Waals surface area (Å²) in [6.07, 6.45) is 0. The van der Waals surface area contributed by atoms with Crippen LogP contribution in [0.2, 0.25) is 5.02 Å². The Morgan fingerprint density at radius 3 is 2.57 bits per heavy atom. The zero-order valence-corrected chi connectivity index (χ0v) is 17.7. The Hall–Kier alpha value is -3.09. The van der Waals surface area contributed by atoms with Crippen LogP contribution in [0.25, 0.3) is 22.3 Å². The zero-order valence-electron chi connectivity index (χ0n) is 16.1. The van der Waals surface area contributed by atoms with Crippen LogP contribution in [0.5, 0.6) is 5.75 Å². The number of halogens is 1. The summed E-state index contributed by atoms with van der Waals surface area (Å²) in [7, 11) is 1.62. The third kappa shape index (κ3) is 4.56. The number of carbonyl (C=O) groups excluding carboxylic acids is 1. The predicted molar refractivity (Wildman–Crippen MR) is 122 cm³/mol. The number of nitrogens with zero attached hydrogens (tertiary/aromatic N) is 2. The van der Waals surface area contributed by atoms with Gasteiger partial charge in [0.25, 0.3) is 0 Å². The van der Waals surface area contributed by atoms with Gasteiger partial charge < -0.3 is 10.1 Å². The van der Waals surface area contributed by atoms with E-state index in [-0.39, 0.29) is 11.7 Å². The van der Waals surface area contributed by atoms with Gasteiger partial charge >= 0.3 is 0 Å². The van der Waals surface area contributed by atoms with Crippen LogP contribution in [0.15, 0.2) is 77.8 Å². The van der Waals surface area contributed by atoms with E-state index in [9.17, 15) is 4.79 Å². The van der Waals surface area contributed by atoms with E-state index < -0.39 is 0 Å². The summed E-state index contributed by atoms with van der Waals surface area (Å²) < 4.78 is 5.35. The molecular weight excluding hydrogens is 418 g/mol. The minimum atomic E-state index is -0.163. The van der Waals surface area contributed by atoms with Crippen LogP contribution >= 0.6 is 23.4 Å². The Bertz CT molecular complexity index is 1200. The maximum Gasteiger partial charge on any atom is 0.234 e. The summed E-state index contributed by atoms with van der Waals surface area (Å²) in [6, 6.07) is 22.6. The number of anilines is 1. The fraction of sp³-hybridized carbons (Fsp3) is 0.0870. The number of fused-ring (bicyclic) bond motifs is 1. The third-order valence-electron chi connectivity index (χ3n) is 4.39. The number of benzene rings is 3. The van der Waals surface area contributed by atoms with E-state index in [1.54, 1.807) is 19.2 Å². The van der Waals surface area contributed by atoms with Crippen molar-refractivity contribution in [1.29, 1.82) is 0 Å². The number of aromatic nitrogens is 2. The van der Waals surface area contributed by atoms with Gasteiger partial charge in [-0.15, -0.1) is 0 Å². The Kier molecular flexibility index (Phi) is 6.16. The van der Waals surface area contributed by atoms with Crippen LogP contribution in [0, 0.1) is 0 Å². The molecule has 0 radical (unpaired) electrons. The first-order valence-corrected chi connectivity index (χ1v) is 10.6. The molecule has 1 heterocycles. The SMILES string of the molecule is COc1ccc2nc(-c3ccccc3)nc(SCC(=O)Nc3ccccc3Cl)c2c1. The first kappa shape index (κ1) is 20.2. The molecule has 1 N–H and O–H groups in total. The number of nitrogens with one attached hydrogen (secondary N) is 1. The Labute approximate surface area is 183 Å². The lowest BCUT2D eigenvalue weighted by Crippen LogP contribution is -2.14. The van der Waals surface area contributed by atoms with Crippen molar-refractivity contribution < 1.29 is 9.53 Å². The van der Waals surface area contributed by atoms with Crippen molar-refractivity contribution in [2.24, 2.45) is 0 Å². The van der Waals surface area contributed by atoms with Gasteiger partial charge in [0.15, 0.2) is 5.82 Å². The lowest BCUT2D eigenvalue weighted by Gasteiger charge is -2.11. The standard InChI is InChI=1S/C23H18ClN3O2S/c1-29-16-11-12-19-17(13-16)23(27-22(26-19)15-7-3-2-4-8-15)30-14-21(28)25-20-10-6-5-9-18(20)24/h2-13H,14H2,1H3,(H,25,28). The van der Waals surface area contributed by atoms with E-state index in [4.69, 9.17) is 21.3 Å². The van der Waals surface area contributed by atoms with Crippen molar-refractivity contribution in [3.05, 3.63) is 77.8 Å². The number of methoxy groups -OCH3 is 1. The molecule has 0 saturated carbocycles. The van der Waals surface area contributed by atoms with Gasteiger partial charge in [-0.05, 0) is 30.3 Å². The summed E-state index contributed by atoms with van der Waals surface area (Å²) in [6.45, 7) is 0. The van der Waals surface area contributed by atoms with Gasteiger partial charge in [0.05, 0.1) is 29.1 Å². The molecule has 0 unspecified atom stereocenters. The second-order valence-corrected chi connectivity index (χ2v) is 7.79. The molecule has 7 heteroatoms. The molecule has 1 aromatic heterocycles. The van der Waals surface area contributed by atoms with Crippen LogP contribution in [-0.4, -0.2) is 28.7 Å². The van der Waals surface area contributed by atoms with Gasteiger partial charge in [0, 0.05) is 10.9 Å². The van der Waals surface area contributed by atoms with Crippen molar-refractivity contribution in [1.82, 2.24) is 9.97 Å². The number of ether oxygens (including phenoxy) is 1. The average molecular weight is 436 g/mol. The largest absolute Gasteiger partial charge is 0.497 e. The molecule has 3 aromatic carbocycles. The summed E-state index contributed by atoms with van der Waals surface area (Å²) >= 11 is 7.48. The fourth-order valence-corrected chi connectivity index (χ4v) is 3.91. The highest BCUT2D eigenvalue weighted by molar-refractivity contribution is 8.00. The Morgan fingerprint density at radius 1 is 1.03 bits per heavy atom. The van der Waals surface area contributed by atoms with Crippen LogP contribution in [0.3, 0.4) is 0 Å². The number of hydrogen-bond donors (Lipinski definition) is 1. The molecule has 4 aromatic rings. The van der Waals surface area contributed by atoms with E-state index in [2.05, 4.69) is 10.3 Å². The molecule has 5 nitrogen and oxygen atoms in total. The molecule has 0 aliphatic rings. The van der Waals surface area contributed by atoms with Gasteiger partial charge in [0.2, 0.25) is 5.91 Å². The van der Waals surface area contributed by atoms with Crippen LogP contribution in [0.4, 0.5) is 5.69 Å².